The highest BCUT2D eigenvalue weighted by Gasteiger charge is 2.04. The first-order chi connectivity index (χ1) is 8.17. The van der Waals surface area contributed by atoms with Gasteiger partial charge in [0, 0.05) is 11.1 Å². The predicted molar refractivity (Wildman–Crippen MR) is 68.7 cm³/mol. The Morgan fingerprint density at radius 1 is 1.24 bits per heavy atom. The number of hydrogen-bond acceptors (Lipinski definition) is 6. The van der Waals surface area contributed by atoms with Crippen molar-refractivity contribution in [2.24, 2.45) is 0 Å². The first-order valence-corrected chi connectivity index (χ1v) is 6.49. The maximum absolute atomic E-state index is 5.66. The van der Waals surface area contributed by atoms with E-state index in [1.54, 1.807) is 11.3 Å². The van der Waals surface area contributed by atoms with Gasteiger partial charge in [-0.3, -0.25) is 0 Å². The van der Waals surface area contributed by atoms with Crippen molar-refractivity contribution in [3.8, 4) is 0 Å². The van der Waals surface area contributed by atoms with E-state index in [-0.39, 0.29) is 10.6 Å². The Kier molecular flexibility index (Phi) is 4.09. The molecule has 2 aromatic heterocycles. The number of nitrogens with one attached hydrogen (secondary N) is 1. The normalized spacial score (nSPS) is 10.5. The summed E-state index contributed by atoms with van der Waals surface area (Å²) in [4.78, 5) is 17.0. The molecular formula is C9H9Cl2N5S. The van der Waals surface area contributed by atoms with Crippen molar-refractivity contribution >= 4 is 40.5 Å². The number of aryl methyl sites for hydroxylation is 1. The summed E-state index contributed by atoms with van der Waals surface area (Å²) < 4.78 is 0. The number of hydrogen-bond donors (Lipinski definition) is 1. The quantitative estimate of drug-likeness (QED) is 0.938. The number of rotatable bonds is 4. The molecule has 0 saturated carbocycles. The fourth-order valence-electron chi connectivity index (χ4n) is 1.15. The van der Waals surface area contributed by atoms with Gasteiger partial charge in [0.15, 0.2) is 0 Å². The molecule has 90 valence electrons. The Hall–Kier alpha value is -0.980. The molecule has 0 unspecified atom stereocenters. The van der Waals surface area contributed by atoms with Crippen LogP contribution in [-0.4, -0.2) is 19.9 Å². The lowest BCUT2D eigenvalue weighted by Gasteiger charge is -2.02. The number of anilines is 1. The largest absolute Gasteiger partial charge is 0.348 e. The van der Waals surface area contributed by atoms with Gasteiger partial charge in [-0.25, -0.2) is 4.98 Å². The van der Waals surface area contributed by atoms with Gasteiger partial charge in [-0.05, 0) is 29.6 Å². The molecule has 0 radical (unpaired) electrons. The molecule has 0 amide bonds. The number of nitrogens with zero attached hydrogens (tertiary/aromatic N) is 4. The monoisotopic (exact) mass is 289 g/mol. The van der Waals surface area contributed by atoms with E-state index < -0.39 is 0 Å². The molecule has 5 nitrogen and oxygen atoms in total. The molecule has 0 aliphatic carbocycles. The summed E-state index contributed by atoms with van der Waals surface area (Å²) in [6.07, 6.45) is 2.86. The van der Waals surface area contributed by atoms with Crippen LogP contribution in [0.2, 0.25) is 10.6 Å². The van der Waals surface area contributed by atoms with Gasteiger partial charge < -0.3 is 5.32 Å². The second-order valence-electron chi connectivity index (χ2n) is 3.12. The first kappa shape index (κ1) is 12.5. The molecule has 0 aliphatic rings. The van der Waals surface area contributed by atoms with Gasteiger partial charge >= 0.3 is 0 Å². The maximum atomic E-state index is 5.66. The Morgan fingerprint density at radius 3 is 2.53 bits per heavy atom. The molecule has 0 bridgehead atoms. The fourth-order valence-corrected chi connectivity index (χ4v) is 2.32. The van der Waals surface area contributed by atoms with Crippen LogP contribution in [0.4, 0.5) is 5.95 Å². The second kappa shape index (κ2) is 5.57. The molecular weight excluding hydrogens is 281 g/mol. The molecule has 0 aromatic carbocycles. The summed E-state index contributed by atoms with van der Waals surface area (Å²) in [6, 6.07) is 0. The lowest BCUT2D eigenvalue weighted by molar-refractivity contribution is 0.993. The van der Waals surface area contributed by atoms with Gasteiger partial charge in [0.2, 0.25) is 16.5 Å². The van der Waals surface area contributed by atoms with Crippen LogP contribution in [0.3, 0.4) is 0 Å². The highest BCUT2D eigenvalue weighted by molar-refractivity contribution is 7.11. The van der Waals surface area contributed by atoms with Gasteiger partial charge in [-0.1, -0.05) is 6.92 Å². The van der Waals surface area contributed by atoms with Crippen LogP contribution >= 0.6 is 34.5 Å². The van der Waals surface area contributed by atoms with Crippen LogP contribution in [0.25, 0.3) is 0 Å². The molecule has 0 spiro atoms. The highest BCUT2D eigenvalue weighted by atomic mass is 35.5. The van der Waals surface area contributed by atoms with Crippen LogP contribution in [0.5, 0.6) is 0 Å². The van der Waals surface area contributed by atoms with Crippen molar-refractivity contribution in [2.75, 3.05) is 5.32 Å². The third kappa shape index (κ3) is 3.49. The molecule has 2 rings (SSSR count). The Balaban J connectivity index is 2.01. The number of halogens is 2. The average Bonchev–Trinajstić information content (AvgIpc) is 2.73. The minimum Gasteiger partial charge on any atom is -0.348 e. The zero-order valence-electron chi connectivity index (χ0n) is 8.94. The smallest absolute Gasteiger partial charge is 0.228 e. The molecule has 0 saturated heterocycles. The van der Waals surface area contributed by atoms with E-state index in [0.29, 0.717) is 12.5 Å². The predicted octanol–water partition coefficient (Wildman–Crippen LogP) is 2.81. The lowest BCUT2D eigenvalue weighted by atomic mass is 10.4. The van der Waals surface area contributed by atoms with Crippen molar-refractivity contribution in [2.45, 2.75) is 19.9 Å². The Bertz CT molecular complexity index is 496. The molecule has 0 atom stereocenters. The lowest BCUT2D eigenvalue weighted by Crippen LogP contribution is -2.04. The summed E-state index contributed by atoms with van der Waals surface area (Å²) in [6.45, 7) is 2.64. The van der Waals surface area contributed by atoms with E-state index in [1.807, 2.05) is 6.20 Å². The molecule has 17 heavy (non-hydrogen) atoms. The Morgan fingerprint density at radius 2 is 1.94 bits per heavy atom. The second-order valence-corrected chi connectivity index (χ2v) is 5.00. The van der Waals surface area contributed by atoms with Gasteiger partial charge in [0.25, 0.3) is 0 Å². The van der Waals surface area contributed by atoms with E-state index >= 15 is 0 Å². The van der Waals surface area contributed by atoms with Crippen LogP contribution in [0.1, 0.15) is 16.8 Å². The molecule has 0 fully saturated rings. The van der Waals surface area contributed by atoms with Gasteiger partial charge in [0.05, 0.1) is 6.54 Å². The zero-order valence-corrected chi connectivity index (χ0v) is 11.3. The van der Waals surface area contributed by atoms with Crippen LogP contribution in [0, 0.1) is 0 Å². The van der Waals surface area contributed by atoms with Gasteiger partial charge in [-0.15, -0.1) is 11.3 Å². The number of aromatic nitrogens is 4. The summed E-state index contributed by atoms with van der Waals surface area (Å²) in [5, 5.41) is 4.10. The summed E-state index contributed by atoms with van der Waals surface area (Å²) in [5.41, 5.74) is 0. The first-order valence-electron chi connectivity index (χ1n) is 4.92. The average molecular weight is 290 g/mol. The van der Waals surface area contributed by atoms with E-state index in [2.05, 4.69) is 32.2 Å². The third-order valence-corrected chi connectivity index (χ3v) is 3.41. The van der Waals surface area contributed by atoms with Gasteiger partial charge in [0.1, 0.15) is 5.01 Å². The van der Waals surface area contributed by atoms with Gasteiger partial charge in [-0.2, -0.15) is 15.0 Å². The van der Waals surface area contributed by atoms with Crippen molar-refractivity contribution < 1.29 is 0 Å². The van der Waals surface area contributed by atoms with E-state index in [4.69, 9.17) is 23.2 Å². The number of thiazole rings is 1. The highest BCUT2D eigenvalue weighted by Crippen LogP contribution is 2.15. The van der Waals surface area contributed by atoms with Crippen molar-refractivity contribution in [1.82, 2.24) is 19.9 Å². The maximum Gasteiger partial charge on any atom is 0.228 e. The minimum atomic E-state index is 0.0703. The molecule has 2 aromatic rings. The molecule has 2 heterocycles. The Labute approximate surface area is 112 Å². The molecule has 0 aliphatic heterocycles. The summed E-state index contributed by atoms with van der Waals surface area (Å²) in [7, 11) is 0. The van der Waals surface area contributed by atoms with E-state index in [0.717, 1.165) is 11.4 Å². The third-order valence-electron chi connectivity index (χ3n) is 1.93. The topological polar surface area (TPSA) is 63.6 Å². The van der Waals surface area contributed by atoms with Crippen molar-refractivity contribution in [3.05, 3.63) is 26.6 Å². The zero-order chi connectivity index (χ0) is 12.3. The summed E-state index contributed by atoms with van der Waals surface area (Å²) in [5.74, 6) is 0.350. The van der Waals surface area contributed by atoms with Crippen LogP contribution in [0.15, 0.2) is 6.20 Å². The summed E-state index contributed by atoms with van der Waals surface area (Å²) >= 11 is 13.0. The molecule has 1 N–H and O–H groups in total. The minimum absolute atomic E-state index is 0.0703. The van der Waals surface area contributed by atoms with E-state index in [1.165, 1.54) is 4.88 Å². The van der Waals surface area contributed by atoms with Crippen LogP contribution < -0.4 is 5.32 Å². The van der Waals surface area contributed by atoms with Crippen LogP contribution in [-0.2, 0) is 13.0 Å². The van der Waals surface area contributed by atoms with E-state index in [9.17, 15) is 0 Å². The fraction of sp³-hybridized carbons (Fsp3) is 0.333. The molecule has 8 heteroatoms. The van der Waals surface area contributed by atoms with Crippen molar-refractivity contribution in [1.29, 1.82) is 0 Å². The SMILES string of the molecule is CCc1cnc(CNc2nc(Cl)nc(Cl)n2)s1. The van der Waals surface area contributed by atoms with Crippen molar-refractivity contribution in [3.63, 3.8) is 0 Å². The standard InChI is InChI=1S/C9H9Cl2N5S/c1-2-5-3-12-6(17-5)4-13-9-15-7(10)14-8(11)16-9/h3H,2,4H2,1H3,(H,13,14,15,16).